The lowest BCUT2D eigenvalue weighted by Crippen LogP contribution is -2.48. The molecule has 3 fully saturated rings. The lowest BCUT2D eigenvalue weighted by molar-refractivity contribution is -0.140. The summed E-state index contributed by atoms with van der Waals surface area (Å²) in [5.74, 6) is -5.38. The van der Waals surface area contributed by atoms with Crippen molar-refractivity contribution < 1.29 is 33.4 Å². The monoisotopic (exact) mass is 594 g/mol. The first-order valence-electron chi connectivity index (χ1n) is 14.4. The highest BCUT2D eigenvalue weighted by Crippen LogP contribution is 2.64. The normalized spacial score (nSPS) is 30.3. The maximum atomic E-state index is 14.4. The number of carbonyl (C=O) groups is 4. The number of phenols is 1. The summed E-state index contributed by atoms with van der Waals surface area (Å²) >= 11 is 6.04. The first kappa shape index (κ1) is 28.4. The lowest BCUT2D eigenvalue weighted by atomic mass is 9.51. The summed E-state index contributed by atoms with van der Waals surface area (Å²) in [6, 6.07) is 8.75. The van der Waals surface area contributed by atoms with Crippen LogP contribution in [0.2, 0.25) is 5.02 Å². The van der Waals surface area contributed by atoms with Crippen molar-refractivity contribution in [2.75, 3.05) is 18.1 Å². The summed E-state index contributed by atoms with van der Waals surface area (Å²) in [7, 11) is 0. The van der Waals surface area contributed by atoms with Gasteiger partial charge in [0.05, 0.1) is 40.5 Å². The number of rotatable bonds is 6. The number of allylic oxidation sites excluding steroid dienone is 2. The first-order chi connectivity index (χ1) is 20.1. The number of fused-ring (bicyclic) bond motifs is 4. The van der Waals surface area contributed by atoms with Gasteiger partial charge in [-0.3, -0.25) is 24.1 Å². The molecule has 42 heavy (non-hydrogen) atoms. The van der Waals surface area contributed by atoms with Crippen molar-refractivity contribution >= 4 is 40.9 Å². The average Bonchev–Trinajstić information content (AvgIpc) is 3.32. The van der Waals surface area contributed by atoms with Crippen molar-refractivity contribution in [3.05, 3.63) is 64.5 Å². The van der Waals surface area contributed by atoms with Crippen LogP contribution in [0.25, 0.3) is 0 Å². The van der Waals surface area contributed by atoms with E-state index in [9.17, 15) is 28.7 Å². The molecule has 0 spiro atoms. The molecule has 6 rings (SSSR count). The molecule has 1 saturated carbocycles. The molecule has 220 valence electrons. The van der Waals surface area contributed by atoms with Gasteiger partial charge in [0.2, 0.25) is 23.6 Å². The minimum atomic E-state index is -1.36. The van der Waals surface area contributed by atoms with Crippen LogP contribution in [0.15, 0.2) is 48.0 Å². The van der Waals surface area contributed by atoms with Gasteiger partial charge < -0.3 is 9.84 Å². The Morgan fingerprint density at radius 3 is 2.52 bits per heavy atom. The largest absolute Gasteiger partial charge is 0.504 e. The fourth-order valence-corrected chi connectivity index (χ4v) is 7.96. The van der Waals surface area contributed by atoms with Crippen LogP contribution in [0.5, 0.6) is 11.5 Å². The summed E-state index contributed by atoms with van der Waals surface area (Å²) in [6.07, 6.45) is 3.07. The first-order valence-corrected chi connectivity index (χ1v) is 14.8. The summed E-state index contributed by atoms with van der Waals surface area (Å²) in [6.45, 7) is 6.04. The Kier molecular flexibility index (Phi) is 6.91. The molecule has 2 heterocycles. The Labute approximate surface area is 248 Å². The van der Waals surface area contributed by atoms with Crippen molar-refractivity contribution in [1.82, 2.24) is 4.90 Å². The third-order valence-electron chi connectivity index (χ3n) is 9.62. The van der Waals surface area contributed by atoms with Crippen molar-refractivity contribution in [2.24, 2.45) is 29.1 Å². The molecule has 4 aliphatic rings. The molecule has 1 N–H and O–H groups in total. The number of phenolic OH excluding ortho intramolecular Hbond substituents is 1. The smallest absolute Gasteiger partial charge is 0.241 e. The number of ether oxygens (including phenoxy) is 1. The molecule has 0 aromatic heterocycles. The maximum absolute atomic E-state index is 14.4. The summed E-state index contributed by atoms with van der Waals surface area (Å²) in [4.78, 5) is 58.0. The van der Waals surface area contributed by atoms with Gasteiger partial charge in [-0.2, -0.15) is 0 Å². The van der Waals surface area contributed by atoms with Crippen LogP contribution < -0.4 is 9.64 Å². The van der Waals surface area contributed by atoms with E-state index in [1.54, 1.807) is 32.0 Å². The topological polar surface area (TPSA) is 104 Å². The predicted molar refractivity (Wildman–Crippen MR) is 152 cm³/mol. The predicted octanol–water partition coefficient (Wildman–Crippen LogP) is 5.22. The molecule has 0 unspecified atom stereocenters. The van der Waals surface area contributed by atoms with Gasteiger partial charge in [0.1, 0.15) is 5.82 Å². The quantitative estimate of drug-likeness (QED) is 0.363. The van der Waals surface area contributed by atoms with Crippen molar-refractivity contribution in [2.45, 2.75) is 46.0 Å². The van der Waals surface area contributed by atoms with Crippen LogP contribution in [0.1, 0.15) is 51.5 Å². The van der Waals surface area contributed by atoms with Crippen LogP contribution in [-0.2, 0) is 19.2 Å². The number of para-hydroxylation sites is 1. The summed E-state index contributed by atoms with van der Waals surface area (Å²) in [5, 5.41) is 11.2. The minimum Gasteiger partial charge on any atom is -0.504 e. The molecule has 8 nitrogen and oxygen atoms in total. The van der Waals surface area contributed by atoms with Gasteiger partial charge in [0, 0.05) is 18.0 Å². The number of nitrogens with zero attached hydrogens (tertiary/aromatic N) is 2. The summed E-state index contributed by atoms with van der Waals surface area (Å²) in [5.41, 5.74) is -0.0394. The number of anilines is 1. The number of hydrogen-bond acceptors (Lipinski definition) is 6. The van der Waals surface area contributed by atoms with Gasteiger partial charge in [-0.05, 0) is 63.3 Å². The van der Waals surface area contributed by atoms with Crippen LogP contribution in [0.4, 0.5) is 10.1 Å². The zero-order valence-corrected chi connectivity index (χ0v) is 24.4. The number of benzene rings is 2. The van der Waals surface area contributed by atoms with E-state index in [2.05, 4.69) is 0 Å². The highest BCUT2D eigenvalue weighted by Gasteiger charge is 2.68. The van der Waals surface area contributed by atoms with E-state index in [0.29, 0.717) is 31.6 Å². The number of halogens is 2. The molecule has 2 aromatic carbocycles. The fraction of sp³-hybridized carbons (Fsp3) is 0.438. The molecule has 2 aromatic rings. The minimum absolute atomic E-state index is 0.141. The number of likely N-dealkylation sites (tertiary alicyclic amines) is 1. The number of hydrogen-bond donors (Lipinski definition) is 1. The van der Waals surface area contributed by atoms with Gasteiger partial charge >= 0.3 is 0 Å². The van der Waals surface area contributed by atoms with Crippen molar-refractivity contribution in [1.29, 1.82) is 0 Å². The van der Waals surface area contributed by atoms with E-state index < -0.39 is 52.6 Å². The Bertz CT molecular complexity index is 1560. The van der Waals surface area contributed by atoms with Crippen LogP contribution in [0, 0.1) is 34.9 Å². The molecule has 10 heteroatoms. The lowest BCUT2D eigenvalue weighted by Gasteiger charge is -2.49. The zero-order valence-electron chi connectivity index (χ0n) is 23.6. The van der Waals surface area contributed by atoms with E-state index in [1.165, 1.54) is 17.0 Å². The fourth-order valence-electron chi connectivity index (χ4n) is 7.78. The Morgan fingerprint density at radius 1 is 1.07 bits per heavy atom. The van der Waals surface area contributed by atoms with Gasteiger partial charge in [-0.15, -0.1) is 0 Å². The molecule has 0 radical (unpaired) electrons. The van der Waals surface area contributed by atoms with Crippen molar-refractivity contribution in [3.8, 4) is 11.5 Å². The molecule has 2 aliphatic heterocycles. The number of imide groups is 2. The van der Waals surface area contributed by atoms with E-state index >= 15 is 0 Å². The maximum Gasteiger partial charge on any atom is 0.241 e. The molecular weight excluding hydrogens is 563 g/mol. The van der Waals surface area contributed by atoms with E-state index in [4.69, 9.17) is 16.3 Å². The van der Waals surface area contributed by atoms with Crippen LogP contribution >= 0.6 is 11.6 Å². The molecule has 2 saturated heterocycles. The average molecular weight is 595 g/mol. The molecule has 6 atom stereocenters. The SMILES string of the molecule is CCCN1C(=O)[C@H]2[C@H](CC=C3[C@H]2C[C@H]2C(=O)N(c4ccc(F)c(Cl)c4)C(=O)[C@@]2(C)[C@H]3c2cccc(OCC)c2O)C1=O. The second-order valence-corrected chi connectivity index (χ2v) is 12.1. The Hall–Kier alpha value is -3.72. The second kappa shape index (κ2) is 10.2. The van der Waals surface area contributed by atoms with E-state index in [-0.39, 0.29) is 40.4 Å². The van der Waals surface area contributed by atoms with Crippen molar-refractivity contribution in [3.63, 3.8) is 0 Å². The molecule has 2 aliphatic carbocycles. The second-order valence-electron chi connectivity index (χ2n) is 11.7. The molecule has 4 amide bonds. The van der Waals surface area contributed by atoms with E-state index in [0.717, 1.165) is 16.5 Å². The highest BCUT2D eigenvalue weighted by atomic mass is 35.5. The van der Waals surface area contributed by atoms with Gasteiger partial charge in [-0.25, -0.2) is 9.29 Å². The Morgan fingerprint density at radius 2 is 1.83 bits per heavy atom. The highest BCUT2D eigenvalue weighted by molar-refractivity contribution is 6.31. The number of amides is 4. The standard InChI is InChI=1S/C32H32ClFN2O6/c1-4-13-35-28(38)18-11-10-17-20(25(18)30(35)40)15-21-29(39)36(16-9-12-23(34)22(33)14-16)31(41)32(21,3)26(17)19-7-6-8-24(27(19)37)42-5-2/h6-10,12,14,18,20-21,25-26,37H,4-5,11,13,15H2,1-3H3/t18-,20+,21-,25-,26+,32+/m0/s1. The number of carbonyl (C=O) groups excluding carboxylic acids is 4. The van der Waals surface area contributed by atoms with Gasteiger partial charge in [0.25, 0.3) is 0 Å². The third kappa shape index (κ3) is 3.85. The third-order valence-corrected chi connectivity index (χ3v) is 9.91. The molecular formula is C32H32ClFN2O6. The van der Waals surface area contributed by atoms with E-state index in [1.807, 2.05) is 13.0 Å². The summed E-state index contributed by atoms with van der Waals surface area (Å²) < 4.78 is 19.7. The Balaban J connectivity index is 1.53. The zero-order chi connectivity index (χ0) is 30.1. The van der Waals surface area contributed by atoms with Gasteiger partial charge in [-0.1, -0.05) is 42.3 Å². The molecule has 0 bridgehead atoms. The van der Waals surface area contributed by atoms with Crippen LogP contribution in [0.3, 0.4) is 0 Å². The number of aromatic hydroxyl groups is 1. The van der Waals surface area contributed by atoms with Crippen LogP contribution in [-0.4, -0.2) is 46.8 Å². The van der Waals surface area contributed by atoms with Gasteiger partial charge in [0.15, 0.2) is 11.5 Å².